The molecule has 2 aromatic rings. The molecule has 0 spiro atoms. The van der Waals surface area contributed by atoms with Gasteiger partial charge in [-0.05, 0) is 18.1 Å². The second-order valence-electron chi connectivity index (χ2n) is 5.44. The average molecular weight is 331 g/mol. The van der Waals surface area contributed by atoms with Gasteiger partial charge in [0.25, 0.3) is 10.0 Å². The van der Waals surface area contributed by atoms with Gasteiger partial charge in [-0.15, -0.1) is 0 Å². The van der Waals surface area contributed by atoms with Crippen LogP contribution < -0.4 is 0 Å². The lowest BCUT2D eigenvalue weighted by atomic mass is 9.88. The second kappa shape index (κ2) is 5.70. The first kappa shape index (κ1) is 15.6. The normalized spacial score (nSPS) is 26.0. The van der Waals surface area contributed by atoms with Crippen molar-refractivity contribution in [2.75, 3.05) is 7.11 Å². The third-order valence-corrected chi connectivity index (χ3v) is 5.64. The van der Waals surface area contributed by atoms with E-state index in [4.69, 9.17) is 9.47 Å². The van der Waals surface area contributed by atoms with Gasteiger partial charge in [-0.3, -0.25) is 0 Å². The van der Waals surface area contributed by atoms with Crippen LogP contribution in [-0.4, -0.2) is 21.6 Å². The van der Waals surface area contributed by atoms with E-state index in [1.165, 1.54) is 7.11 Å². The van der Waals surface area contributed by atoms with Gasteiger partial charge in [-0.25, -0.2) is 8.42 Å². The lowest BCUT2D eigenvalue weighted by Gasteiger charge is -2.39. The van der Waals surface area contributed by atoms with Gasteiger partial charge < -0.3 is 9.47 Å². The first-order valence-corrected chi connectivity index (χ1v) is 8.65. The number of hydrogen-bond acceptors (Lipinski definition) is 4. The highest BCUT2D eigenvalue weighted by Crippen LogP contribution is 2.46. The van der Waals surface area contributed by atoms with Crippen molar-refractivity contribution in [2.24, 2.45) is 4.40 Å². The Morgan fingerprint density at radius 2 is 1.61 bits per heavy atom. The fourth-order valence-electron chi connectivity index (χ4n) is 2.87. The van der Waals surface area contributed by atoms with E-state index in [0.29, 0.717) is 5.56 Å². The maximum absolute atomic E-state index is 12.8. The molecule has 0 amide bonds. The summed E-state index contributed by atoms with van der Waals surface area (Å²) in [5.74, 6) is 0. The highest BCUT2D eigenvalue weighted by molar-refractivity contribution is 7.90. The summed E-state index contributed by atoms with van der Waals surface area (Å²) in [5.41, 5.74) is 0.216. The maximum Gasteiger partial charge on any atom is 0.400 e. The molecule has 0 N–H and O–H groups in total. The van der Waals surface area contributed by atoms with Gasteiger partial charge in [-0.1, -0.05) is 65.1 Å². The molecule has 0 fully saturated rings. The third-order valence-electron chi connectivity index (χ3n) is 3.92. The molecule has 1 aliphatic heterocycles. The van der Waals surface area contributed by atoms with Crippen LogP contribution in [0.5, 0.6) is 0 Å². The van der Waals surface area contributed by atoms with Gasteiger partial charge >= 0.3 is 6.08 Å². The van der Waals surface area contributed by atoms with Gasteiger partial charge in [-0.2, -0.15) is 0 Å². The van der Waals surface area contributed by atoms with Crippen LogP contribution in [0.1, 0.15) is 23.3 Å². The van der Waals surface area contributed by atoms with Crippen LogP contribution in [-0.2, 0) is 25.1 Å². The molecule has 2 aromatic carbocycles. The number of methoxy groups -OCH3 is 1. The van der Waals surface area contributed by atoms with Crippen molar-refractivity contribution in [3.05, 3.63) is 71.8 Å². The minimum atomic E-state index is -3.86. The molecular formula is C17H17NO4S. The molecule has 0 radical (unpaired) electrons. The summed E-state index contributed by atoms with van der Waals surface area (Å²) in [6, 6.07) is 18.2. The zero-order valence-corrected chi connectivity index (χ0v) is 13.7. The highest BCUT2D eigenvalue weighted by Gasteiger charge is 2.51. The van der Waals surface area contributed by atoms with Crippen molar-refractivity contribution in [1.29, 1.82) is 0 Å². The van der Waals surface area contributed by atoms with Crippen molar-refractivity contribution in [1.82, 2.24) is 0 Å². The van der Waals surface area contributed by atoms with Crippen LogP contribution in [0.15, 0.2) is 65.1 Å². The Balaban J connectivity index is 2.25. The summed E-state index contributed by atoms with van der Waals surface area (Å²) >= 11 is 0. The summed E-state index contributed by atoms with van der Waals surface area (Å²) in [5, 5.41) is -0.961. The van der Waals surface area contributed by atoms with Crippen molar-refractivity contribution in [3.63, 3.8) is 0 Å². The summed E-state index contributed by atoms with van der Waals surface area (Å²) in [4.78, 5) is 0. The SMILES string of the molecule is COC1=NS(=O)(=O)[C@H](c2ccccc2)[C@](C)(c2ccccc2)O1. The van der Waals surface area contributed by atoms with Crippen LogP contribution in [0.4, 0.5) is 0 Å². The fourth-order valence-corrected chi connectivity index (χ4v) is 4.55. The smallest absolute Gasteiger partial charge is 0.400 e. The molecule has 1 heterocycles. The number of rotatable bonds is 2. The van der Waals surface area contributed by atoms with E-state index in [9.17, 15) is 8.42 Å². The molecule has 23 heavy (non-hydrogen) atoms. The number of hydrogen-bond donors (Lipinski definition) is 0. The van der Waals surface area contributed by atoms with Gasteiger partial charge in [0, 0.05) is 0 Å². The quantitative estimate of drug-likeness (QED) is 0.848. The molecule has 6 heteroatoms. The van der Waals surface area contributed by atoms with Crippen LogP contribution >= 0.6 is 0 Å². The topological polar surface area (TPSA) is 65.0 Å². The maximum atomic E-state index is 12.8. The number of ether oxygens (including phenoxy) is 2. The molecule has 0 bridgehead atoms. The number of sulfonamides is 1. The number of benzene rings is 2. The average Bonchev–Trinajstić information content (AvgIpc) is 2.55. The molecule has 0 saturated heterocycles. The minimum Gasteiger partial charge on any atom is -0.453 e. The van der Waals surface area contributed by atoms with Crippen LogP contribution in [0, 0.1) is 0 Å². The molecule has 0 unspecified atom stereocenters. The Bertz CT molecular complexity index is 818. The molecule has 1 aliphatic rings. The summed E-state index contributed by atoms with van der Waals surface area (Å²) in [6.45, 7) is 1.74. The van der Waals surface area contributed by atoms with Crippen molar-refractivity contribution in [3.8, 4) is 0 Å². The van der Waals surface area contributed by atoms with E-state index >= 15 is 0 Å². The molecular weight excluding hydrogens is 314 g/mol. The molecule has 0 saturated carbocycles. The van der Waals surface area contributed by atoms with Gasteiger partial charge in [0.1, 0.15) is 0 Å². The lowest BCUT2D eigenvalue weighted by molar-refractivity contribution is 0.0247. The van der Waals surface area contributed by atoms with E-state index < -0.39 is 20.9 Å². The van der Waals surface area contributed by atoms with Crippen LogP contribution in [0.3, 0.4) is 0 Å². The molecule has 3 rings (SSSR count). The largest absolute Gasteiger partial charge is 0.453 e. The lowest BCUT2D eigenvalue weighted by Crippen LogP contribution is -2.43. The zero-order chi connectivity index (χ0) is 16.5. The van der Waals surface area contributed by atoms with E-state index in [-0.39, 0.29) is 6.08 Å². The summed E-state index contributed by atoms with van der Waals surface area (Å²) in [7, 11) is -2.52. The van der Waals surface area contributed by atoms with Crippen molar-refractivity contribution < 1.29 is 17.9 Å². The van der Waals surface area contributed by atoms with Crippen LogP contribution in [0.2, 0.25) is 0 Å². The summed E-state index contributed by atoms with van der Waals surface area (Å²) < 4.78 is 40.1. The van der Waals surface area contributed by atoms with Gasteiger partial charge in [0.05, 0.1) is 7.11 Å². The Hall–Kier alpha value is -2.34. The predicted octanol–water partition coefficient (Wildman–Crippen LogP) is 3.01. The zero-order valence-electron chi connectivity index (χ0n) is 12.8. The van der Waals surface area contributed by atoms with E-state index in [2.05, 4.69) is 4.40 Å². The minimum absolute atomic E-state index is 0.247. The molecule has 5 nitrogen and oxygen atoms in total. The Kier molecular flexibility index (Phi) is 3.85. The van der Waals surface area contributed by atoms with E-state index in [1.54, 1.807) is 31.2 Å². The van der Waals surface area contributed by atoms with Crippen molar-refractivity contribution in [2.45, 2.75) is 17.8 Å². The van der Waals surface area contributed by atoms with Crippen molar-refractivity contribution >= 4 is 16.1 Å². The Morgan fingerprint density at radius 1 is 1.04 bits per heavy atom. The van der Waals surface area contributed by atoms with Crippen LogP contribution in [0.25, 0.3) is 0 Å². The second-order valence-corrected chi connectivity index (χ2v) is 7.13. The molecule has 0 aliphatic carbocycles. The number of nitrogens with zero attached hydrogens (tertiary/aromatic N) is 1. The van der Waals surface area contributed by atoms with Gasteiger partial charge in [0.2, 0.25) is 0 Å². The predicted molar refractivity (Wildman–Crippen MR) is 87.4 cm³/mol. The Morgan fingerprint density at radius 3 is 2.17 bits per heavy atom. The van der Waals surface area contributed by atoms with E-state index in [1.807, 2.05) is 36.4 Å². The molecule has 2 atom stereocenters. The monoisotopic (exact) mass is 331 g/mol. The van der Waals surface area contributed by atoms with Gasteiger partial charge in [0.15, 0.2) is 10.9 Å². The summed E-state index contributed by atoms with van der Waals surface area (Å²) in [6.07, 6.45) is -0.247. The first-order valence-electron chi connectivity index (χ1n) is 7.14. The molecule has 120 valence electrons. The van der Waals surface area contributed by atoms with E-state index in [0.717, 1.165) is 5.56 Å². The Labute approximate surface area is 135 Å². The standard InChI is InChI=1S/C17H17NO4S/c1-17(14-11-7-4-8-12-14)15(13-9-5-3-6-10-13)23(19,20)18-16(21-2)22-17/h3-12,15H,1-2H3/t15-,17+/m1/s1. The third kappa shape index (κ3) is 2.70. The first-order chi connectivity index (χ1) is 11.0. The highest BCUT2D eigenvalue weighted by atomic mass is 32.2. The fraction of sp³-hybridized carbons (Fsp3) is 0.235. The molecule has 0 aromatic heterocycles.